The molecule has 0 aliphatic carbocycles. The molecule has 3 aromatic rings. The van der Waals surface area contributed by atoms with Crippen molar-refractivity contribution in [3.05, 3.63) is 89.0 Å². The number of benzene rings is 2. The summed E-state index contributed by atoms with van der Waals surface area (Å²) in [6.45, 7) is 5.78. The van der Waals surface area contributed by atoms with Crippen LogP contribution in [-0.2, 0) is 0 Å². The van der Waals surface area contributed by atoms with Crippen molar-refractivity contribution < 1.29 is 14.3 Å². The highest BCUT2D eigenvalue weighted by Crippen LogP contribution is 2.31. The average molecular weight is 377 g/mol. The van der Waals surface area contributed by atoms with Gasteiger partial charge >= 0.3 is 0 Å². The van der Waals surface area contributed by atoms with Crippen LogP contribution in [0, 0.1) is 18.7 Å². The minimum atomic E-state index is -0.951. The molecule has 0 radical (unpaired) electrons. The zero-order chi connectivity index (χ0) is 20.3. The summed E-state index contributed by atoms with van der Waals surface area (Å²) in [6.07, 6.45) is 2.65. The van der Waals surface area contributed by atoms with E-state index in [1.54, 1.807) is 48.8 Å². The molecule has 144 valence electrons. The predicted molar refractivity (Wildman–Crippen MR) is 109 cm³/mol. The molecule has 3 nitrogen and oxygen atoms in total. The summed E-state index contributed by atoms with van der Waals surface area (Å²) in [5.41, 5.74) is 3.44. The fraction of sp³-hybridized carbons (Fsp3) is 0.250. The Bertz CT molecular complexity index is 983. The smallest absolute Gasteiger partial charge is 0.163 e. The van der Waals surface area contributed by atoms with Crippen LogP contribution < -0.4 is 0 Å². The molecule has 3 rings (SSSR count). The Kier molecular flexibility index (Phi) is 6.00. The molecule has 0 spiro atoms. The molecule has 1 aromatic heterocycles. The highest BCUT2D eigenvalue weighted by Gasteiger charge is 2.18. The number of rotatable bonds is 6. The number of hydrogen-bond donors (Lipinski definition) is 1. The normalized spacial score (nSPS) is 12.2. The summed E-state index contributed by atoms with van der Waals surface area (Å²) in [4.78, 5) is 16.7. The van der Waals surface area contributed by atoms with Gasteiger partial charge in [0.05, 0.1) is 0 Å². The second-order valence-electron chi connectivity index (χ2n) is 7.54. The SMILES string of the molecule is Cc1ccc(-c2cc(C(=O)CC(C)C)cc(C(O)c3cccnc3)c2)c(F)c1. The van der Waals surface area contributed by atoms with Gasteiger partial charge in [-0.3, -0.25) is 9.78 Å². The summed E-state index contributed by atoms with van der Waals surface area (Å²) in [6, 6.07) is 13.6. The third kappa shape index (κ3) is 4.52. The number of nitrogens with zero attached hydrogens (tertiary/aromatic N) is 1. The minimum Gasteiger partial charge on any atom is -0.384 e. The monoisotopic (exact) mass is 377 g/mol. The molecule has 0 aliphatic rings. The van der Waals surface area contributed by atoms with Gasteiger partial charge in [0, 0.05) is 35.5 Å². The van der Waals surface area contributed by atoms with Crippen LogP contribution in [0.3, 0.4) is 0 Å². The van der Waals surface area contributed by atoms with E-state index >= 15 is 0 Å². The van der Waals surface area contributed by atoms with Crippen molar-refractivity contribution >= 4 is 5.78 Å². The summed E-state index contributed by atoms with van der Waals surface area (Å²) in [5.74, 6) is -0.168. The Labute approximate surface area is 164 Å². The van der Waals surface area contributed by atoms with Crippen LogP contribution in [0.25, 0.3) is 11.1 Å². The fourth-order valence-electron chi connectivity index (χ4n) is 3.20. The molecular formula is C24H24FNO2. The summed E-state index contributed by atoms with van der Waals surface area (Å²) >= 11 is 0. The van der Waals surface area contributed by atoms with Gasteiger partial charge < -0.3 is 5.11 Å². The number of aliphatic hydroxyl groups excluding tert-OH is 1. The van der Waals surface area contributed by atoms with Crippen LogP contribution in [0.4, 0.5) is 4.39 Å². The first-order valence-corrected chi connectivity index (χ1v) is 9.38. The van der Waals surface area contributed by atoms with E-state index in [-0.39, 0.29) is 17.5 Å². The molecule has 1 unspecified atom stereocenters. The van der Waals surface area contributed by atoms with Gasteiger partial charge in [-0.1, -0.05) is 32.0 Å². The molecule has 0 aliphatic heterocycles. The first-order valence-electron chi connectivity index (χ1n) is 9.38. The maximum atomic E-state index is 14.6. The maximum absolute atomic E-state index is 14.6. The van der Waals surface area contributed by atoms with E-state index in [2.05, 4.69) is 4.98 Å². The van der Waals surface area contributed by atoms with Gasteiger partial charge in [-0.15, -0.1) is 0 Å². The lowest BCUT2D eigenvalue weighted by Gasteiger charge is -2.16. The Hall–Kier alpha value is -2.85. The lowest BCUT2D eigenvalue weighted by molar-refractivity contribution is 0.0967. The van der Waals surface area contributed by atoms with Crippen molar-refractivity contribution in [2.75, 3.05) is 0 Å². The third-order valence-corrected chi connectivity index (χ3v) is 4.62. The molecular weight excluding hydrogens is 353 g/mol. The molecule has 1 atom stereocenters. The number of aryl methyl sites for hydroxylation is 1. The number of halogens is 1. The maximum Gasteiger partial charge on any atom is 0.163 e. The van der Waals surface area contributed by atoms with Crippen LogP contribution in [0.15, 0.2) is 60.9 Å². The number of aliphatic hydroxyl groups is 1. The van der Waals surface area contributed by atoms with Gasteiger partial charge in [0.15, 0.2) is 5.78 Å². The number of carbonyl (C=O) groups excluding carboxylic acids is 1. The van der Waals surface area contributed by atoms with Crippen molar-refractivity contribution in [3.8, 4) is 11.1 Å². The lowest BCUT2D eigenvalue weighted by Crippen LogP contribution is -2.07. The van der Waals surface area contributed by atoms with Crippen molar-refractivity contribution in [2.24, 2.45) is 5.92 Å². The van der Waals surface area contributed by atoms with Crippen molar-refractivity contribution in [2.45, 2.75) is 33.3 Å². The first-order chi connectivity index (χ1) is 13.3. The van der Waals surface area contributed by atoms with Gasteiger partial charge in [0.2, 0.25) is 0 Å². The van der Waals surface area contributed by atoms with E-state index in [0.717, 1.165) is 5.56 Å². The average Bonchev–Trinajstić information content (AvgIpc) is 2.67. The van der Waals surface area contributed by atoms with Crippen LogP contribution >= 0.6 is 0 Å². The molecule has 0 bridgehead atoms. The van der Waals surface area contributed by atoms with E-state index in [1.807, 2.05) is 26.8 Å². The molecule has 1 N–H and O–H groups in total. The molecule has 0 saturated heterocycles. The topological polar surface area (TPSA) is 50.2 Å². The highest BCUT2D eigenvalue weighted by atomic mass is 19.1. The Balaban J connectivity index is 2.12. The minimum absolute atomic E-state index is 0.0241. The van der Waals surface area contributed by atoms with Crippen LogP contribution in [0.2, 0.25) is 0 Å². The summed E-state index contributed by atoms with van der Waals surface area (Å²) < 4.78 is 14.6. The zero-order valence-electron chi connectivity index (χ0n) is 16.3. The number of Topliss-reactive ketones (excluding diaryl/α,β-unsaturated/α-hetero) is 1. The van der Waals surface area contributed by atoms with Crippen molar-refractivity contribution in [1.82, 2.24) is 4.98 Å². The first kappa shape index (κ1) is 19.9. The largest absolute Gasteiger partial charge is 0.384 e. The lowest BCUT2D eigenvalue weighted by atomic mass is 9.91. The van der Waals surface area contributed by atoms with Crippen molar-refractivity contribution in [3.63, 3.8) is 0 Å². The van der Waals surface area contributed by atoms with Crippen LogP contribution in [-0.4, -0.2) is 15.9 Å². The molecule has 28 heavy (non-hydrogen) atoms. The quantitative estimate of drug-likeness (QED) is 0.577. The standard InChI is InChI=1S/C24H24FNO2/c1-15(2)9-23(27)19-11-18(21-7-6-16(3)10-22(21)25)12-20(13-19)24(28)17-5-4-8-26-14-17/h4-8,10-15,24,28H,9H2,1-3H3. The highest BCUT2D eigenvalue weighted by molar-refractivity contribution is 5.97. The Morgan fingerprint density at radius 1 is 1.11 bits per heavy atom. The summed E-state index contributed by atoms with van der Waals surface area (Å²) in [5, 5.41) is 10.8. The fourth-order valence-corrected chi connectivity index (χ4v) is 3.20. The number of hydrogen-bond acceptors (Lipinski definition) is 3. The molecule has 2 aromatic carbocycles. The molecule has 0 fully saturated rings. The van der Waals surface area contributed by atoms with Gasteiger partial charge in [0.1, 0.15) is 11.9 Å². The second-order valence-corrected chi connectivity index (χ2v) is 7.54. The van der Waals surface area contributed by atoms with Gasteiger partial charge in [-0.05, 0) is 59.9 Å². The van der Waals surface area contributed by atoms with E-state index in [0.29, 0.717) is 34.2 Å². The van der Waals surface area contributed by atoms with Gasteiger partial charge in [-0.25, -0.2) is 4.39 Å². The number of pyridine rings is 1. The zero-order valence-corrected chi connectivity index (χ0v) is 16.3. The van der Waals surface area contributed by atoms with E-state index < -0.39 is 6.10 Å². The van der Waals surface area contributed by atoms with Crippen LogP contribution in [0.1, 0.15) is 53.4 Å². The summed E-state index contributed by atoms with van der Waals surface area (Å²) in [7, 11) is 0. The molecule has 1 heterocycles. The molecule has 0 amide bonds. The number of ketones is 1. The van der Waals surface area contributed by atoms with Gasteiger partial charge in [-0.2, -0.15) is 0 Å². The van der Waals surface area contributed by atoms with E-state index in [4.69, 9.17) is 0 Å². The van der Waals surface area contributed by atoms with E-state index in [1.165, 1.54) is 6.07 Å². The predicted octanol–water partition coefficient (Wildman–Crippen LogP) is 5.51. The molecule has 4 heteroatoms. The Morgan fingerprint density at radius 2 is 1.89 bits per heavy atom. The Morgan fingerprint density at radius 3 is 2.54 bits per heavy atom. The van der Waals surface area contributed by atoms with Gasteiger partial charge in [0.25, 0.3) is 0 Å². The third-order valence-electron chi connectivity index (χ3n) is 4.62. The number of carbonyl (C=O) groups is 1. The van der Waals surface area contributed by atoms with E-state index in [9.17, 15) is 14.3 Å². The number of aromatic nitrogens is 1. The molecule has 0 saturated carbocycles. The van der Waals surface area contributed by atoms with Crippen LogP contribution in [0.5, 0.6) is 0 Å². The van der Waals surface area contributed by atoms with Crippen molar-refractivity contribution in [1.29, 1.82) is 0 Å². The second kappa shape index (κ2) is 8.44.